The molecule has 0 fully saturated rings. The van der Waals surface area contributed by atoms with Gasteiger partial charge in [0.25, 0.3) is 0 Å². The average molecular weight is 362 g/mol. The van der Waals surface area contributed by atoms with Crippen molar-refractivity contribution in [2.75, 3.05) is 13.7 Å². The zero-order valence-corrected chi connectivity index (χ0v) is 13.1. The van der Waals surface area contributed by atoms with E-state index in [0.717, 1.165) is 15.8 Å². The Labute approximate surface area is 119 Å². The maximum atomic E-state index is 5.41. The third kappa shape index (κ3) is 2.41. The molecular weight excluding hydrogens is 347 g/mol. The van der Waals surface area contributed by atoms with Crippen molar-refractivity contribution >= 4 is 45.8 Å². The molecule has 17 heavy (non-hydrogen) atoms. The van der Waals surface area contributed by atoms with E-state index in [1.54, 1.807) is 7.11 Å². The van der Waals surface area contributed by atoms with Gasteiger partial charge in [0.2, 0.25) is 0 Å². The molecule has 0 amide bonds. The fourth-order valence-electron chi connectivity index (χ4n) is 2.10. The minimum Gasteiger partial charge on any atom is -0.382 e. The first kappa shape index (κ1) is 13.0. The summed E-state index contributed by atoms with van der Waals surface area (Å²) >= 11 is 7.71. The molecule has 0 radical (unpaired) electrons. The first-order valence-corrected chi connectivity index (χ1v) is 6.84. The van der Waals surface area contributed by atoms with E-state index < -0.39 is 0 Å². The molecule has 0 bridgehead atoms. The molecule has 2 rings (SSSR count). The number of H-pyrrole nitrogens is 1. The van der Waals surface area contributed by atoms with Crippen LogP contribution in [0.1, 0.15) is 13.8 Å². The molecule has 0 aliphatic heterocycles. The van der Waals surface area contributed by atoms with Gasteiger partial charge in [-0.15, -0.1) is 0 Å². The van der Waals surface area contributed by atoms with E-state index in [-0.39, 0.29) is 5.54 Å². The Hall–Kier alpha value is -0.400. The van der Waals surface area contributed by atoms with Crippen LogP contribution in [0.4, 0.5) is 0 Å². The second-order valence-electron chi connectivity index (χ2n) is 4.67. The smallest absolute Gasteiger partial charge is 0.178 e. The number of aromatic amines is 1. The number of ether oxygens (including phenoxy) is 1. The fourth-order valence-corrected chi connectivity index (χ4v) is 3.05. The molecule has 0 saturated heterocycles. The lowest BCUT2D eigenvalue weighted by Gasteiger charge is -2.26. The molecule has 2 aromatic rings. The van der Waals surface area contributed by atoms with Gasteiger partial charge < -0.3 is 14.3 Å². The predicted octanol–water partition coefficient (Wildman–Crippen LogP) is 3.68. The van der Waals surface area contributed by atoms with E-state index in [4.69, 9.17) is 17.0 Å². The third-order valence-electron chi connectivity index (χ3n) is 2.75. The van der Waals surface area contributed by atoms with Crippen molar-refractivity contribution in [1.82, 2.24) is 9.55 Å². The SMILES string of the molecule is COCC(C)(C)n1c(=S)[nH]c2cc(I)ccc21. The van der Waals surface area contributed by atoms with Crippen LogP contribution in [0.25, 0.3) is 11.0 Å². The van der Waals surface area contributed by atoms with Gasteiger partial charge in [0, 0.05) is 10.7 Å². The highest BCUT2D eigenvalue weighted by Crippen LogP contribution is 2.25. The molecular formula is C12H15IN2OS. The minimum absolute atomic E-state index is 0.156. The Morgan fingerprint density at radius 2 is 2.18 bits per heavy atom. The zero-order valence-electron chi connectivity index (χ0n) is 10.1. The van der Waals surface area contributed by atoms with E-state index in [9.17, 15) is 0 Å². The van der Waals surface area contributed by atoms with Crippen LogP contribution in [-0.4, -0.2) is 23.3 Å². The molecule has 1 heterocycles. The molecule has 0 aliphatic rings. The van der Waals surface area contributed by atoms with E-state index >= 15 is 0 Å². The van der Waals surface area contributed by atoms with E-state index in [1.807, 2.05) is 0 Å². The van der Waals surface area contributed by atoms with Crippen LogP contribution >= 0.6 is 34.8 Å². The standard InChI is InChI=1S/C12H15IN2OS/c1-12(2,7-16-3)15-10-5-4-8(13)6-9(10)14-11(15)17/h4-6H,7H2,1-3H3,(H,14,17). The summed E-state index contributed by atoms with van der Waals surface area (Å²) < 4.78 is 9.33. The molecule has 1 N–H and O–H groups in total. The van der Waals surface area contributed by atoms with Crippen LogP contribution in [0.5, 0.6) is 0 Å². The number of benzene rings is 1. The maximum Gasteiger partial charge on any atom is 0.178 e. The summed E-state index contributed by atoms with van der Waals surface area (Å²) in [5.41, 5.74) is 2.04. The summed E-state index contributed by atoms with van der Waals surface area (Å²) in [7, 11) is 1.71. The number of nitrogens with zero attached hydrogens (tertiary/aromatic N) is 1. The molecule has 1 aromatic carbocycles. The van der Waals surface area contributed by atoms with Gasteiger partial charge in [0.1, 0.15) is 0 Å². The van der Waals surface area contributed by atoms with Crippen LogP contribution in [-0.2, 0) is 10.3 Å². The van der Waals surface area contributed by atoms with E-state index in [0.29, 0.717) is 6.61 Å². The molecule has 0 atom stereocenters. The van der Waals surface area contributed by atoms with Gasteiger partial charge >= 0.3 is 0 Å². The summed E-state index contributed by atoms with van der Waals surface area (Å²) in [6.45, 7) is 4.87. The lowest BCUT2D eigenvalue weighted by atomic mass is 10.1. The largest absolute Gasteiger partial charge is 0.382 e. The van der Waals surface area contributed by atoms with Crippen LogP contribution < -0.4 is 0 Å². The highest BCUT2D eigenvalue weighted by Gasteiger charge is 2.23. The number of imidazole rings is 1. The van der Waals surface area contributed by atoms with Crippen molar-refractivity contribution in [3.05, 3.63) is 26.5 Å². The van der Waals surface area contributed by atoms with Crippen molar-refractivity contribution in [2.24, 2.45) is 0 Å². The summed E-state index contributed by atoms with van der Waals surface area (Å²) in [4.78, 5) is 3.25. The van der Waals surface area contributed by atoms with E-state index in [2.05, 4.69) is 64.2 Å². The van der Waals surface area contributed by atoms with Gasteiger partial charge in [-0.1, -0.05) is 0 Å². The number of aromatic nitrogens is 2. The Balaban J connectivity index is 2.69. The van der Waals surface area contributed by atoms with Gasteiger partial charge in [-0.3, -0.25) is 0 Å². The Morgan fingerprint density at radius 1 is 1.47 bits per heavy atom. The normalized spacial score (nSPS) is 12.2. The Morgan fingerprint density at radius 3 is 2.82 bits per heavy atom. The van der Waals surface area contributed by atoms with Gasteiger partial charge in [-0.2, -0.15) is 0 Å². The van der Waals surface area contributed by atoms with Crippen molar-refractivity contribution in [3.8, 4) is 0 Å². The summed E-state index contributed by atoms with van der Waals surface area (Å²) in [6, 6.07) is 6.29. The number of rotatable bonds is 3. The fraction of sp³-hybridized carbons (Fsp3) is 0.417. The molecule has 1 aromatic heterocycles. The summed E-state index contributed by atoms with van der Waals surface area (Å²) in [6.07, 6.45) is 0. The Bertz CT molecular complexity index is 600. The second kappa shape index (κ2) is 4.70. The quantitative estimate of drug-likeness (QED) is 0.667. The van der Waals surface area contributed by atoms with Crippen LogP contribution in [0.15, 0.2) is 18.2 Å². The molecule has 0 spiro atoms. The van der Waals surface area contributed by atoms with Crippen molar-refractivity contribution in [3.63, 3.8) is 0 Å². The van der Waals surface area contributed by atoms with Crippen molar-refractivity contribution in [1.29, 1.82) is 0 Å². The summed E-state index contributed by atoms with van der Waals surface area (Å²) in [5, 5.41) is 0. The third-order valence-corrected chi connectivity index (χ3v) is 3.70. The van der Waals surface area contributed by atoms with Gasteiger partial charge in [0.15, 0.2) is 4.77 Å². The highest BCUT2D eigenvalue weighted by atomic mass is 127. The Kier molecular flexibility index (Phi) is 3.61. The lowest BCUT2D eigenvalue weighted by molar-refractivity contribution is 0.111. The van der Waals surface area contributed by atoms with Crippen molar-refractivity contribution in [2.45, 2.75) is 19.4 Å². The van der Waals surface area contributed by atoms with Gasteiger partial charge in [-0.25, -0.2) is 0 Å². The van der Waals surface area contributed by atoms with Crippen LogP contribution in [0.2, 0.25) is 0 Å². The van der Waals surface area contributed by atoms with Crippen LogP contribution in [0.3, 0.4) is 0 Å². The molecule has 0 aliphatic carbocycles. The number of halogens is 1. The predicted molar refractivity (Wildman–Crippen MR) is 81.0 cm³/mol. The average Bonchev–Trinajstić information content (AvgIpc) is 2.53. The highest BCUT2D eigenvalue weighted by molar-refractivity contribution is 14.1. The maximum absolute atomic E-state index is 5.41. The topological polar surface area (TPSA) is 29.9 Å². The first-order valence-electron chi connectivity index (χ1n) is 5.35. The van der Waals surface area contributed by atoms with Gasteiger partial charge in [-0.05, 0) is 66.9 Å². The number of hydrogen-bond acceptors (Lipinski definition) is 2. The first-order chi connectivity index (χ1) is 7.95. The molecule has 92 valence electrons. The van der Waals surface area contributed by atoms with Crippen LogP contribution in [0, 0.1) is 8.34 Å². The second-order valence-corrected chi connectivity index (χ2v) is 6.30. The molecule has 5 heteroatoms. The molecule has 0 unspecified atom stereocenters. The van der Waals surface area contributed by atoms with E-state index in [1.165, 1.54) is 3.57 Å². The monoisotopic (exact) mass is 362 g/mol. The number of methoxy groups -OCH3 is 1. The van der Waals surface area contributed by atoms with Gasteiger partial charge in [0.05, 0.1) is 23.2 Å². The molecule has 3 nitrogen and oxygen atoms in total. The summed E-state index contributed by atoms with van der Waals surface area (Å²) in [5.74, 6) is 0. The molecule has 0 saturated carbocycles. The number of nitrogens with one attached hydrogen (secondary N) is 1. The minimum atomic E-state index is -0.156. The number of hydrogen-bond donors (Lipinski definition) is 1. The lowest BCUT2D eigenvalue weighted by Crippen LogP contribution is -2.31. The number of fused-ring (bicyclic) bond motifs is 1. The zero-order chi connectivity index (χ0) is 12.6. The van der Waals surface area contributed by atoms with Crippen molar-refractivity contribution < 1.29 is 4.74 Å².